The van der Waals surface area contributed by atoms with E-state index in [-0.39, 0.29) is 10.6 Å². The molecule has 2 heterocycles. The number of hydrogen-bond acceptors (Lipinski definition) is 10. The lowest BCUT2D eigenvalue weighted by Gasteiger charge is -2.10. The number of hydrogen-bond donors (Lipinski definition) is 2. The summed E-state index contributed by atoms with van der Waals surface area (Å²) in [5.74, 6) is 0.818. The number of fused-ring (bicyclic) bond motifs is 1. The van der Waals surface area contributed by atoms with Gasteiger partial charge in [-0.15, -0.1) is 11.3 Å². The summed E-state index contributed by atoms with van der Waals surface area (Å²) < 4.78 is 34.7. The monoisotopic (exact) mass is 490 g/mol. The third-order valence-electron chi connectivity index (χ3n) is 4.40. The Morgan fingerprint density at radius 3 is 2.56 bits per heavy atom. The molecule has 0 atom stereocenters. The number of methoxy groups -OCH3 is 2. The molecule has 0 bridgehead atoms. The molecule has 4 aromatic rings. The second kappa shape index (κ2) is 8.73. The normalized spacial score (nSPS) is 11.3. The van der Waals surface area contributed by atoms with Crippen LogP contribution in [0.5, 0.6) is 11.5 Å². The van der Waals surface area contributed by atoms with Crippen molar-refractivity contribution < 1.29 is 22.7 Å². The van der Waals surface area contributed by atoms with Crippen molar-refractivity contribution >= 4 is 64.6 Å². The van der Waals surface area contributed by atoms with E-state index in [1.807, 2.05) is 0 Å². The first kappa shape index (κ1) is 22.0. The van der Waals surface area contributed by atoms with E-state index in [9.17, 15) is 13.2 Å². The first-order valence-electron chi connectivity index (χ1n) is 9.13. The summed E-state index contributed by atoms with van der Waals surface area (Å²) in [7, 11) is -0.197. The first-order chi connectivity index (χ1) is 15.3. The zero-order valence-corrected chi connectivity index (χ0v) is 19.7. The van der Waals surface area contributed by atoms with Crippen LogP contribution >= 0.6 is 22.7 Å². The minimum atomic E-state index is -3.32. The zero-order valence-electron chi connectivity index (χ0n) is 17.2. The van der Waals surface area contributed by atoms with Crippen molar-refractivity contribution in [2.45, 2.75) is 4.90 Å². The average Bonchev–Trinajstić information content (AvgIpc) is 3.39. The molecule has 0 saturated carbocycles. The van der Waals surface area contributed by atoms with Crippen molar-refractivity contribution in [2.24, 2.45) is 0 Å². The highest BCUT2D eigenvalue weighted by atomic mass is 32.2. The predicted octanol–water partition coefficient (Wildman–Crippen LogP) is 4.17. The minimum absolute atomic E-state index is 0.204. The maximum Gasteiger partial charge on any atom is 0.276 e. The number of anilines is 3. The summed E-state index contributed by atoms with van der Waals surface area (Å²) in [5.41, 5.74) is 1.51. The number of amides is 1. The molecule has 0 saturated heterocycles. The summed E-state index contributed by atoms with van der Waals surface area (Å²) in [6.07, 6.45) is 1.15. The van der Waals surface area contributed by atoms with Crippen molar-refractivity contribution in [1.29, 1.82) is 0 Å². The second-order valence-electron chi connectivity index (χ2n) is 6.60. The molecule has 0 radical (unpaired) electrons. The number of benzene rings is 2. The van der Waals surface area contributed by atoms with Gasteiger partial charge in [-0.05, 0) is 30.3 Å². The fraction of sp³-hybridized carbons (Fsp3) is 0.150. The number of aromatic nitrogens is 2. The van der Waals surface area contributed by atoms with E-state index in [1.54, 1.807) is 49.9 Å². The van der Waals surface area contributed by atoms with Gasteiger partial charge in [-0.3, -0.25) is 10.1 Å². The van der Waals surface area contributed by atoms with Crippen molar-refractivity contribution in [3.05, 3.63) is 47.5 Å². The van der Waals surface area contributed by atoms with Gasteiger partial charge in [-0.2, -0.15) is 0 Å². The summed E-state index contributed by atoms with van der Waals surface area (Å²) >= 11 is 2.46. The van der Waals surface area contributed by atoms with Gasteiger partial charge in [-0.25, -0.2) is 18.4 Å². The summed E-state index contributed by atoms with van der Waals surface area (Å²) in [6.45, 7) is 0. The number of rotatable bonds is 7. The van der Waals surface area contributed by atoms with Gasteiger partial charge in [0.2, 0.25) is 0 Å². The molecule has 0 aliphatic heterocycles. The van der Waals surface area contributed by atoms with Crippen LogP contribution < -0.4 is 20.1 Å². The quantitative estimate of drug-likeness (QED) is 0.396. The van der Waals surface area contributed by atoms with Gasteiger partial charge in [0.25, 0.3) is 5.91 Å². The molecule has 9 nitrogen and oxygen atoms in total. The highest BCUT2D eigenvalue weighted by molar-refractivity contribution is 7.90. The molecule has 1 amide bonds. The molecule has 2 N–H and O–H groups in total. The third kappa shape index (κ3) is 4.66. The Bertz CT molecular complexity index is 1410. The molecular formula is C20H18N4O5S3. The second-order valence-corrected chi connectivity index (χ2v) is 10.5. The molecule has 32 heavy (non-hydrogen) atoms. The topological polar surface area (TPSA) is 120 Å². The average molecular weight is 491 g/mol. The van der Waals surface area contributed by atoms with Crippen LogP contribution in [0.2, 0.25) is 0 Å². The molecule has 12 heteroatoms. The fourth-order valence-corrected chi connectivity index (χ4v) is 5.13. The molecule has 2 aromatic carbocycles. The van der Waals surface area contributed by atoms with Gasteiger partial charge in [0.1, 0.15) is 17.2 Å². The van der Waals surface area contributed by atoms with E-state index < -0.39 is 15.7 Å². The first-order valence-corrected chi connectivity index (χ1v) is 12.7. The van der Waals surface area contributed by atoms with Gasteiger partial charge in [0, 0.05) is 17.7 Å². The molecule has 0 fully saturated rings. The highest BCUT2D eigenvalue weighted by Gasteiger charge is 2.16. The summed E-state index contributed by atoms with van der Waals surface area (Å²) in [4.78, 5) is 21.5. The van der Waals surface area contributed by atoms with Crippen molar-refractivity contribution in [3.8, 4) is 11.5 Å². The minimum Gasteiger partial charge on any atom is -0.497 e. The molecule has 2 aromatic heterocycles. The van der Waals surface area contributed by atoms with E-state index in [0.717, 1.165) is 6.26 Å². The Morgan fingerprint density at radius 1 is 1.03 bits per heavy atom. The van der Waals surface area contributed by atoms with Crippen molar-refractivity contribution in [1.82, 2.24) is 9.97 Å². The molecular weight excluding hydrogens is 472 g/mol. The summed E-state index contributed by atoms with van der Waals surface area (Å²) in [6, 6.07) is 9.98. The molecule has 0 aliphatic rings. The van der Waals surface area contributed by atoms with Crippen LogP contribution in [-0.2, 0) is 9.84 Å². The zero-order chi connectivity index (χ0) is 22.9. The van der Waals surface area contributed by atoms with Crippen LogP contribution in [0.4, 0.5) is 16.0 Å². The smallest absolute Gasteiger partial charge is 0.276 e. The lowest BCUT2D eigenvalue weighted by atomic mass is 10.3. The Labute approximate surface area is 192 Å². The van der Waals surface area contributed by atoms with Crippen molar-refractivity contribution in [3.63, 3.8) is 0 Å². The van der Waals surface area contributed by atoms with Crippen LogP contribution in [0.3, 0.4) is 0 Å². The van der Waals surface area contributed by atoms with Gasteiger partial charge in [0.15, 0.2) is 20.1 Å². The number of thiazole rings is 2. The van der Waals surface area contributed by atoms with E-state index >= 15 is 0 Å². The van der Waals surface area contributed by atoms with Gasteiger partial charge < -0.3 is 14.8 Å². The lowest BCUT2D eigenvalue weighted by Crippen LogP contribution is -2.12. The Balaban J connectivity index is 1.49. The molecule has 166 valence electrons. The van der Waals surface area contributed by atoms with E-state index in [4.69, 9.17) is 9.47 Å². The third-order valence-corrected chi connectivity index (χ3v) is 7.20. The van der Waals surface area contributed by atoms with Crippen LogP contribution in [0.25, 0.3) is 10.2 Å². The summed E-state index contributed by atoms with van der Waals surface area (Å²) in [5, 5.41) is 8.35. The van der Waals surface area contributed by atoms with Gasteiger partial charge >= 0.3 is 0 Å². The van der Waals surface area contributed by atoms with E-state index in [1.165, 1.54) is 28.7 Å². The molecule has 4 rings (SSSR count). The molecule has 0 aliphatic carbocycles. The maximum absolute atomic E-state index is 12.6. The predicted molar refractivity (Wildman–Crippen MR) is 126 cm³/mol. The maximum atomic E-state index is 12.6. The van der Waals surface area contributed by atoms with Crippen LogP contribution in [-0.4, -0.2) is 44.8 Å². The highest BCUT2D eigenvalue weighted by Crippen LogP contribution is 2.33. The van der Waals surface area contributed by atoms with Crippen LogP contribution in [0, 0.1) is 0 Å². The number of carbonyl (C=O) groups is 1. The lowest BCUT2D eigenvalue weighted by molar-refractivity contribution is 0.102. The van der Waals surface area contributed by atoms with Crippen molar-refractivity contribution in [2.75, 3.05) is 31.1 Å². The van der Waals surface area contributed by atoms with Gasteiger partial charge in [-0.1, -0.05) is 11.3 Å². The van der Waals surface area contributed by atoms with E-state index in [0.29, 0.717) is 37.7 Å². The van der Waals surface area contributed by atoms with E-state index in [2.05, 4.69) is 20.6 Å². The Kier molecular flexibility index (Phi) is 6.00. The number of nitrogens with zero attached hydrogens (tertiary/aromatic N) is 2. The standard InChI is InChI=1S/C20H18N4O5S3/c1-28-11-4-6-13(16(8-11)29-2)21-19-23-15(10-30-19)18(25)24-20-22-14-7-5-12(32(3,26)27)9-17(14)31-20/h4-10H,1-3H3,(H,21,23)(H,22,24,25). The largest absolute Gasteiger partial charge is 0.497 e. The van der Waals surface area contributed by atoms with Crippen LogP contribution in [0.15, 0.2) is 46.7 Å². The van der Waals surface area contributed by atoms with Gasteiger partial charge in [0.05, 0.1) is 35.0 Å². The number of nitrogens with one attached hydrogen (secondary N) is 2. The SMILES string of the molecule is COc1ccc(Nc2nc(C(=O)Nc3nc4ccc(S(C)(=O)=O)cc4s3)cs2)c(OC)c1. The number of sulfone groups is 1. The molecule has 0 spiro atoms. The Morgan fingerprint density at radius 2 is 1.84 bits per heavy atom. The fourth-order valence-electron chi connectivity index (χ4n) is 2.80. The molecule has 0 unspecified atom stereocenters. The number of carbonyl (C=O) groups excluding carboxylic acids is 1. The number of ether oxygens (including phenoxy) is 2. The van der Waals surface area contributed by atoms with Crippen LogP contribution in [0.1, 0.15) is 10.5 Å². The Hall–Kier alpha value is -3.22.